The number of nitrogens with zero attached hydrogens (tertiary/aromatic N) is 3. The first-order valence-corrected chi connectivity index (χ1v) is 9.02. The van der Waals surface area contributed by atoms with Gasteiger partial charge in [-0.15, -0.1) is 0 Å². The third-order valence-corrected chi connectivity index (χ3v) is 4.81. The van der Waals surface area contributed by atoms with Crippen molar-refractivity contribution < 1.29 is 9.47 Å². The van der Waals surface area contributed by atoms with Gasteiger partial charge in [0.25, 0.3) is 0 Å². The number of rotatable bonds is 6. The van der Waals surface area contributed by atoms with Crippen molar-refractivity contribution >= 4 is 11.0 Å². The molecule has 3 aromatic heterocycles. The van der Waals surface area contributed by atoms with Crippen molar-refractivity contribution in [3.05, 3.63) is 41.2 Å². The van der Waals surface area contributed by atoms with E-state index in [-0.39, 0.29) is 6.04 Å². The van der Waals surface area contributed by atoms with E-state index in [2.05, 4.69) is 55.6 Å². The lowest BCUT2D eigenvalue weighted by Crippen LogP contribution is -2.10. The van der Waals surface area contributed by atoms with Crippen molar-refractivity contribution in [3.8, 4) is 17.1 Å². The number of aromatic nitrogens is 3. The predicted octanol–water partition coefficient (Wildman–Crippen LogP) is 4.49. The summed E-state index contributed by atoms with van der Waals surface area (Å²) in [5.74, 6) is 0.639. The molecule has 26 heavy (non-hydrogen) atoms. The number of hydrogen-bond donors (Lipinski definition) is 0. The maximum absolute atomic E-state index is 5.33. The van der Waals surface area contributed by atoms with Crippen LogP contribution in [0.2, 0.25) is 0 Å². The minimum Gasteiger partial charge on any atom is -0.481 e. The van der Waals surface area contributed by atoms with Crippen LogP contribution in [0.25, 0.3) is 22.3 Å². The van der Waals surface area contributed by atoms with Crippen LogP contribution in [0.5, 0.6) is 5.88 Å². The second-order valence-corrected chi connectivity index (χ2v) is 6.75. The zero-order valence-electron chi connectivity index (χ0n) is 16.5. The number of fused-ring (bicyclic) bond motifs is 1. The summed E-state index contributed by atoms with van der Waals surface area (Å²) >= 11 is 0. The van der Waals surface area contributed by atoms with Gasteiger partial charge in [-0.1, -0.05) is 6.92 Å². The van der Waals surface area contributed by atoms with E-state index >= 15 is 0 Å². The molecule has 0 unspecified atom stereocenters. The summed E-state index contributed by atoms with van der Waals surface area (Å²) < 4.78 is 12.9. The highest BCUT2D eigenvalue weighted by Gasteiger charge is 2.17. The van der Waals surface area contributed by atoms with Gasteiger partial charge in [0.1, 0.15) is 0 Å². The zero-order chi connectivity index (χ0) is 18.8. The van der Waals surface area contributed by atoms with Gasteiger partial charge in [-0.3, -0.25) is 0 Å². The Hall–Kier alpha value is -2.40. The summed E-state index contributed by atoms with van der Waals surface area (Å²) in [6, 6.07) is 6.45. The van der Waals surface area contributed by atoms with Crippen molar-refractivity contribution in [2.24, 2.45) is 0 Å². The molecule has 0 aliphatic rings. The second-order valence-electron chi connectivity index (χ2n) is 6.75. The van der Waals surface area contributed by atoms with E-state index in [1.54, 1.807) is 14.2 Å². The highest BCUT2D eigenvalue weighted by Crippen LogP contribution is 2.31. The largest absolute Gasteiger partial charge is 0.481 e. The number of hydrogen-bond acceptors (Lipinski definition) is 4. The van der Waals surface area contributed by atoms with Crippen molar-refractivity contribution in [2.75, 3.05) is 20.8 Å². The van der Waals surface area contributed by atoms with Crippen molar-refractivity contribution in [1.29, 1.82) is 0 Å². The topological polar surface area (TPSA) is 49.2 Å². The Balaban J connectivity index is 2.18. The van der Waals surface area contributed by atoms with E-state index in [0.717, 1.165) is 40.0 Å². The smallest absolute Gasteiger partial charge is 0.213 e. The zero-order valence-corrected chi connectivity index (χ0v) is 16.5. The first-order chi connectivity index (χ1) is 12.5. The molecule has 0 bridgehead atoms. The highest BCUT2D eigenvalue weighted by molar-refractivity contribution is 5.84. The standard InChI is InChI=1S/C21H27N3O2/c1-7-17-16(8-9-19(22-17)26-6)20-13(2)10-18-21(23-20)14(3)11-24(18)15(4)12-25-5/h8-11,15H,7,12H2,1-6H3/t15-/m0/s1. The van der Waals surface area contributed by atoms with Gasteiger partial charge in [0.2, 0.25) is 5.88 Å². The van der Waals surface area contributed by atoms with Crippen LogP contribution in [-0.2, 0) is 11.2 Å². The van der Waals surface area contributed by atoms with E-state index in [9.17, 15) is 0 Å². The lowest BCUT2D eigenvalue weighted by molar-refractivity contribution is 0.164. The quantitative estimate of drug-likeness (QED) is 0.655. The molecule has 0 saturated heterocycles. The van der Waals surface area contributed by atoms with Crippen LogP contribution in [-0.4, -0.2) is 35.4 Å². The summed E-state index contributed by atoms with van der Waals surface area (Å²) in [6.07, 6.45) is 2.99. The van der Waals surface area contributed by atoms with Crippen molar-refractivity contribution in [2.45, 2.75) is 40.2 Å². The maximum atomic E-state index is 5.33. The first-order valence-electron chi connectivity index (χ1n) is 9.02. The van der Waals surface area contributed by atoms with Crippen molar-refractivity contribution in [1.82, 2.24) is 14.5 Å². The van der Waals surface area contributed by atoms with Crippen LogP contribution in [0.3, 0.4) is 0 Å². The van der Waals surface area contributed by atoms with Crippen molar-refractivity contribution in [3.63, 3.8) is 0 Å². The fourth-order valence-corrected chi connectivity index (χ4v) is 3.46. The molecule has 138 valence electrons. The first kappa shape index (κ1) is 18.4. The summed E-state index contributed by atoms with van der Waals surface area (Å²) in [5.41, 5.74) is 7.56. The fraction of sp³-hybridized carbons (Fsp3) is 0.429. The summed E-state index contributed by atoms with van der Waals surface area (Å²) in [7, 11) is 3.38. The lowest BCUT2D eigenvalue weighted by atomic mass is 10.0. The molecule has 0 radical (unpaired) electrons. The van der Waals surface area contributed by atoms with Gasteiger partial charge in [-0.05, 0) is 50.5 Å². The molecule has 3 rings (SSSR count). The monoisotopic (exact) mass is 353 g/mol. The van der Waals surface area contributed by atoms with Gasteiger partial charge in [0.05, 0.1) is 42.2 Å². The Bertz CT molecular complexity index is 931. The van der Waals surface area contributed by atoms with Crippen LogP contribution in [0.1, 0.15) is 36.7 Å². The predicted molar refractivity (Wildman–Crippen MR) is 105 cm³/mol. The molecule has 0 aromatic carbocycles. The minimum atomic E-state index is 0.261. The second kappa shape index (κ2) is 7.46. The van der Waals surface area contributed by atoms with Crippen LogP contribution >= 0.6 is 0 Å². The Morgan fingerprint density at radius 2 is 1.88 bits per heavy atom. The molecule has 5 nitrogen and oxygen atoms in total. The maximum Gasteiger partial charge on any atom is 0.213 e. The Morgan fingerprint density at radius 3 is 2.54 bits per heavy atom. The molecule has 0 aliphatic heterocycles. The number of ether oxygens (including phenoxy) is 2. The van der Waals surface area contributed by atoms with Crippen LogP contribution in [0, 0.1) is 13.8 Å². The molecule has 0 saturated carbocycles. The molecular weight excluding hydrogens is 326 g/mol. The number of aryl methyl sites for hydroxylation is 3. The van der Waals surface area contributed by atoms with Crippen LogP contribution < -0.4 is 4.74 Å². The third-order valence-electron chi connectivity index (χ3n) is 4.81. The molecule has 0 N–H and O–H groups in total. The minimum absolute atomic E-state index is 0.261. The molecular formula is C21H27N3O2. The Labute approximate surface area is 155 Å². The van der Waals surface area contributed by atoms with Gasteiger partial charge >= 0.3 is 0 Å². The van der Waals surface area contributed by atoms with E-state index in [4.69, 9.17) is 14.5 Å². The molecule has 3 aromatic rings. The average molecular weight is 353 g/mol. The third kappa shape index (κ3) is 3.19. The normalized spacial score (nSPS) is 12.5. The molecule has 0 aliphatic carbocycles. The van der Waals surface area contributed by atoms with E-state index in [1.165, 1.54) is 5.56 Å². The van der Waals surface area contributed by atoms with E-state index in [0.29, 0.717) is 12.5 Å². The summed E-state index contributed by atoms with van der Waals surface area (Å²) in [6.45, 7) is 9.16. The SMILES string of the molecule is CCc1nc(OC)ccc1-c1nc2c(C)cn([C@@H](C)COC)c2cc1C. The fourth-order valence-electron chi connectivity index (χ4n) is 3.46. The van der Waals surface area contributed by atoms with Gasteiger partial charge < -0.3 is 14.0 Å². The highest BCUT2D eigenvalue weighted by atomic mass is 16.5. The summed E-state index contributed by atoms with van der Waals surface area (Å²) in [4.78, 5) is 9.63. The molecule has 0 fully saturated rings. The van der Waals surface area contributed by atoms with Crippen LogP contribution in [0.4, 0.5) is 0 Å². The molecule has 3 heterocycles. The van der Waals surface area contributed by atoms with Gasteiger partial charge in [-0.2, -0.15) is 0 Å². The number of methoxy groups -OCH3 is 2. The molecule has 1 atom stereocenters. The van der Waals surface area contributed by atoms with Gasteiger partial charge in [0.15, 0.2) is 0 Å². The van der Waals surface area contributed by atoms with E-state index < -0.39 is 0 Å². The molecule has 0 spiro atoms. The summed E-state index contributed by atoms with van der Waals surface area (Å²) in [5, 5.41) is 0. The Morgan fingerprint density at radius 1 is 1.12 bits per heavy atom. The molecule has 0 amide bonds. The Kier molecular flexibility index (Phi) is 5.28. The molecule has 5 heteroatoms. The number of pyridine rings is 2. The average Bonchev–Trinajstić information content (AvgIpc) is 2.96. The van der Waals surface area contributed by atoms with E-state index in [1.807, 2.05) is 6.07 Å². The van der Waals surface area contributed by atoms with Crippen LogP contribution in [0.15, 0.2) is 24.4 Å². The van der Waals surface area contributed by atoms with Gasteiger partial charge in [0, 0.05) is 24.9 Å². The lowest BCUT2D eigenvalue weighted by Gasteiger charge is -2.15. The van der Waals surface area contributed by atoms with Gasteiger partial charge in [-0.25, -0.2) is 9.97 Å².